The van der Waals surface area contributed by atoms with Crippen LogP contribution in [-0.2, 0) is 0 Å². The highest BCUT2D eigenvalue weighted by Crippen LogP contribution is 2.11. The van der Waals surface area contributed by atoms with Crippen LogP contribution in [0.15, 0.2) is 24.3 Å². The first-order valence-electron chi connectivity index (χ1n) is 2.95. The highest BCUT2D eigenvalue weighted by atomic mass is 16.5. The lowest BCUT2D eigenvalue weighted by Gasteiger charge is -1.94. The first kappa shape index (κ1) is 6.63. The molecule has 2 heteroatoms. The van der Waals surface area contributed by atoms with Crippen LogP contribution in [0.2, 0.25) is 0 Å². The summed E-state index contributed by atoms with van der Waals surface area (Å²) in [7, 11) is 0. The number of rotatable bonds is 1. The molecule has 0 aliphatic carbocycles. The maximum atomic E-state index is 8.14. The molecule has 10 heavy (non-hydrogen) atoms. The molecule has 1 rings (SSSR count). The largest absolute Gasteiger partial charge is 0.388 e. The molecule has 2 nitrogen and oxygen atoms in total. The molecule has 0 amide bonds. The highest BCUT2D eigenvalue weighted by Gasteiger charge is 1.89. The van der Waals surface area contributed by atoms with E-state index in [1.807, 2.05) is 25.1 Å². The summed E-state index contributed by atoms with van der Waals surface area (Å²) < 4.78 is 4.59. The normalized spacial score (nSPS) is 8.40. The minimum absolute atomic E-state index is 0.600. The van der Waals surface area contributed by atoms with Gasteiger partial charge in [-0.05, 0) is 24.6 Å². The predicted octanol–water partition coefficient (Wildman–Crippen LogP) is 1.85. The van der Waals surface area contributed by atoms with Gasteiger partial charge in [-0.25, -0.2) is 0 Å². The number of hydrogen-bond donors (Lipinski definition) is 0. The zero-order valence-electron chi connectivity index (χ0n) is 5.66. The Hall–Kier alpha value is -1.49. The van der Waals surface area contributed by atoms with Gasteiger partial charge in [0.2, 0.25) is 0 Å². The third-order valence-electron chi connectivity index (χ3n) is 1.15. The molecule has 0 unspecified atom stereocenters. The minimum Gasteiger partial charge on any atom is -0.388 e. The van der Waals surface area contributed by atoms with Gasteiger partial charge >= 0.3 is 0 Å². The lowest BCUT2D eigenvalue weighted by atomic mass is 10.2. The Kier molecular flexibility index (Phi) is 1.91. The van der Waals surface area contributed by atoms with Crippen molar-refractivity contribution in [1.29, 1.82) is 5.26 Å². The summed E-state index contributed by atoms with van der Waals surface area (Å²) in [5.74, 6) is 0.600. The SMILES string of the molecule is Cc1cccc(OC#N)c1. The zero-order chi connectivity index (χ0) is 7.40. The Morgan fingerprint density at radius 3 is 2.90 bits per heavy atom. The molecule has 0 spiro atoms. The van der Waals surface area contributed by atoms with Crippen molar-refractivity contribution in [3.8, 4) is 12.0 Å². The average Bonchev–Trinajstić information content (AvgIpc) is 1.88. The predicted molar refractivity (Wildman–Crippen MR) is 37.4 cm³/mol. The smallest absolute Gasteiger partial charge is 0.292 e. The van der Waals surface area contributed by atoms with Gasteiger partial charge in [0.1, 0.15) is 5.75 Å². The first-order valence-corrected chi connectivity index (χ1v) is 2.95. The first-order chi connectivity index (χ1) is 4.83. The van der Waals surface area contributed by atoms with E-state index in [2.05, 4.69) is 4.74 Å². The monoisotopic (exact) mass is 133 g/mol. The summed E-state index contributed by atoms with van der Waals surface area (Å²) in [5, 5.41) is 8.14. The van der Waals surface area contributed by atoms with E-state index in [1.54, 1.807) is 12.3 Å². The van der Waals surface area contributed by atoms with Gasteiger partial charge in [0.15, 0.2) is 0 Å². The molecule has 50 valence electrons. The Labute approximate surface area is 59.7 Å². The summed E-state index contributed by atoms with van der Waals surface area (Å²) in [6, 6.07) is 7.35. The van der Waals surface area contributed by atoms with Crippen molar-refractivity contribution in [2.45, 2.75) is 6.92 Å². The van der Waals surface area contributed by atoms with Crippen LogP contribution in [0, 0.1) is 18.4 Å². The van der Waals surface area contributed by atoms with E-state index in [-0.39, 0.29) is 0 Å². The lowest BCUT2D eigenvalue weighted by molar-refractivity contribution is 0.507. The van der Waals surface area contributed by atoms with Crippen molar-refractivity contribution < 1.29 is 4.74 Å². The van der Waals surface area contributed by atoms with Crippen LogP contribution in [0.3, 0.4) is 0 Å². The van der Waals surface area contributed by atoms with E-state index in [0.29, 0.717) is 5.75 Å². The molecule has 0 saturated heterocycles. The molecular weight excluding hydrogens is 126 g/mol. The molecular formula is C8H7NO. The third-order valence-corrected chi connectivity index (χ3v) is 1.15. The van der Waals surface area contributed by atoms with Crippen LogP contribution in [0.5, 0.6) is 5.75 Å². The summed E-state index contributed by atoms with van der Waals surface area (Å²) in [4.78, 5) is 0. The van der Waals surface area contributed by atoms with Gasteiger partial charge in [-0.1, -0.05) is 12.1 Å². The van der Waals surface area contributed by atoms with Gasteiger partial charge < -0.3 is 4.74 Å². The Morgan fingerprint density at radius 2 is 2.30 bits per heavy atom. The van der Waals surface area contributed by atoms with Crippen LogP contribution in [0.1, 0.15) is 5.56 Å². The van der Waals surface area contributed by atoms with Crippen LogP contribution >= 0.6 is 0 Å². The minimum atomic E-state index is 0.600. The van der Waals surface area contributed by atoms with Gasteiger partial charge in [0, 0.05) is 0 Å². The maximum absolute atomic E-state index is 8.14. The molecule has 0 radical (unpaired) electrons. The Bertz CT molecular complexity index is 262. The number of hydrogen-bond acceptors (Lipinski definition) is 2. The van der Waals surface area contributed by atoms with Gasteiger partial charge in [0.05, 0.1) is 0 Å². The molecule has 0 aromatic heterocycles. The molecule has 0 N–H and O–H groups in total. The zero-order valence-corrected chi connectivity index (χ0v) is 5.66. The summed E-state index contributed by atoms with van der Waals surface area (Å²) in [5.41, 5.74) is 1.09. The maximum Gasteiger partial charge on any atom is 0.292 e. The van der Waals surface area contributed by atoms with E-state index in [1.165, 1.54) is 0 Å². The van der Waals surface area contributed by atoms with E-state index >= 15 is 0 Å². The molecule has 0 aliphatic heterocycles. The summed E-state index contributed by atoms with van der Waals surface area (Å²) in [6.45, 7) is 1.95. The number of nitriles is 1. The second kappa shape index (κ2) is 2.88. The molecule has 0 saturated carbocycles. The van der Waals surface area contributed by atoms with Crippen molar-refractivity contribution in [3.63, 3.8) is 0 Å². The molecule has 0 fully saturated rings. The molecule has 0 bridgehead atoms. The number of aryl methyl sites for hydroxylation is 1. The summed E-state index contributed by atoms with van der Waals surface area (Å²) in [6.07, 6.45) is 1.61. The van der Waals surface area contributed by atoms with Gasteiger partial charge in [-0.15, -0.1) is 5.26 Å². The molecule has 0 aliphatic rings. The average molecular weight is 133 g/mol. The Balaban J connectivity index is 2.87. The van der Waals surface area contributed by atoms with Crippen molar-refractivity contribution in [2.75, 3.05) is 0 Å². The van der Waals surface area contributed by atoms with E-state index in [4.69, 9.17) is 5.26 Å². The second-order valence-corrected chi connectivity index (χ2v) is 2.01. The second-order valence-electron chi connectivity index (χ2n) is 2.01. The van der Waals surface area contributed by atoms with Crippen molar-refractivity contribution in [2.24, 2.45) is 0 Å². The third kappa shape index (κ3) is 1.49. The fourth-order valence-corrected chi connectivity index (χ4v) is 0.732. The van der Waals surface area contributed by atoms with Crippen molar-refractivity contribution in [1.82, 2.24) is 0 Å². The van der Waals surface area contributed by atoms with Crippen LogP contribution in [-0.4, -0.2) is 0 Å². The standard InChI is InChI=1S/C8H7NO/c1-7-3-2-4-8(5-7)10-6-9/h2-5H,1H3. The quantitative estimate of drug-likeness (QED) is 0.548. The fourth-order valence-electron chi connectivity index (χ4n) is 0.732. The van der Waals surface area contributed by atoms with Gasteiger partial charge in [0.25, 0.3) is 6.26 Å². The lowest BCUT2D eigenvalue weighted by Crippen LogP contribution is -1.81. The molecule has 0 heterocycles. The van der Waals surface area contributed by atoms with E-state index in [0.717, 1.165) is 5.56 Å². The Morgan fingerprint density at radius 1 is 1.50 bits per heavy atom. The topological polar surface area (TPSA) is 33.0 Å². The van der Waals surface area contributed by atoms with Crippen molar-refractivity contribution >= 4 is 0 Å². The van der Waals surface area contributed by atoms with E-state index in [9.17, 15) is 0 Å². The van der Waals surface area contributed by atoms with E-state index < -0.39 is 0 Å². The molecule has 1 aromatic rings. The van der Waals surface area contributed by atoms with Crippen LogP contribution in [0.25, 0.3) is 0 Å². The summed E-state index contributed by atoms with van der Waals surface area (Å²) >= 11 is 0. The van der Waals surface area contributed by atoms with Crippen molar-refractivity contribution in [3.05, 3.63) is 29.8 Å². The fraction of sp³-hybridized carbons (Fsp3) is 0.125. The van der Waals surface area contributed by atoms with Crippen LogP contribution in [0.4, 0.5) is 0 Å². The number of ether oxygens (including phenoxy) is 1. The highest BCUT2D eigenvalue weighted by molar-refractivity contribution is 5.28. The number of benzene rings is 1. The van der Waals surface area contributed by atoms with Crippen LogP contribution < -0.4 is 4.74 Å². The number of nitrogens with zero attached hydrogens (tertiary/aromatic N) is 1. The molecule has 0 atom stereocenters. The van der Waals surface area contributed by atoms with Gasteiger partial charge in [-0.3, -0.25) is 0 Å². The molecule has 1 aromatic carbocycles. The van der Waals surface area contributed by atoms with Gasteiger partial charge in [-0.2, -0.15) is 0 Å².